The number of aliphatic imine (C=N–C) groups is 1. The van der Waals surface area contributed by atoms with Gasteiger partial charge in [0.25, 0.3) is 0 Å². The summed E-state index contributed by atoms with van der Waals surface area (Å²) in [5, 5.41) is 0. The fraction of sp³-hybridized carbons (Fsp3) is 0.562. The first-order chi connectivity index (χ1) is 9.09. The van der Waals surface area contributed by atoms with E-state index in [0.717, 1.165) is 6.54 Å². The average molecular weight is 387 g/mol. The molecule has 4 heteroatoms. The van der Waals surface area contributed by atoms with Gasteiger partial charge in [-0.05, 0) is 24.3 Å². The molecule has 0 bridgehead atoms. The first kappa shape index (κ1) is 17.3. The summed E-state index contributed by atoms with van der Waals surface area (Å²) >= 11 is 0. The Balaban J connectivity index is 0.00000200. The van der Waals surface area contributed by atoms with Gasteiger partial charge >= 0.3 is 0 Å². The summed E-state index contributed by atoms with van der Waals surface area (Å²) in [4.78, 5) is 6.72. The van der Waals surface area contributed by atoms with Crippen LogP contribution in [0.1, 0.15) is 38.2 Å². The summed E-state index contributed by atoms with van der Waals surface area (Å²) < 4.78 is 0. The summed E-state index contributed by atoms with van der Waals surface area (Å²) in [5.74, 6) is 1.68. The van der Waals surface area contributed by atoms with E-state index in [0.29, 0.717) is 23.8 Å². The van der Waals surface area contributed by atoms with Crippen LogP contribution in [0.15, 0.2) is 35.3 Å². The lowest BCUT2D eigenvalue weighted by atomic mass is 9.88. The normalized spacial score (nSPS) is 16.7. The molecule has 0 aliphatic heterocycles. The van der Waals surface area contributed by atoms with E-state index in [9.17, 15) is 0 Å². The van der Waals surface area contributed by atoms with E-state index in [1.54, 1.807) is 0 Å². The van der Waals surface area contributed by atoms with Crippen LogP contribution < -0.4 is 5.73 Å². The number of nitrogens with zero attached hydrogens (tertiary/aromatic N) is 2. The van der Waals surface area contributed by atoms with E-state index >= 15 is 0 Å². The molecule has 0 radical (unpaired) electrons. The highest BCUT2D eigenvalue weighted by Gasteiger charge is 2.27. The number of guanidine groups is 1. The fourth-order valence-electron chi connectivity index (χ4n) is 2.35. The third-order valence-corrected chi connectivity index (χ3v) is 3.94. The number of hydrogen-bond donors (Lipinski definition) is 1. The van der Waals surface area contributed by atoms with Gasteiger partial charge in [0.2, 0.25) is 0 Å². The largest absolute Gasteiger partial charge is 0.370 e. The molecule has 0 spiro atoms. The lowest BCUT2D eigenvalue weighted by molar-refractivity contribution is 0.474. The van der Waals surface area contributed by atoms with Crippen LogP contribution >= 0.6 is 24.0 Å². The Morgan fingerprint density at radius 3 is 2.40 bits per heavy atom. The van der Waals surface area contributed by atoms with Crippen molar-refractivity contribution in [1.29, 1.82) is 0 Å². The zero-order chi connectivity index (χ0) is 13.8. The Labute approximate surface area is 139 Å². The van der Waals surface area contributed by atoms with E-state index in [1.807, 2.05) is 7.05 Å². The average Bonchev–Trinajstić information content (AvgIpc) is 3.23. The molecule has 3 nitrogen and oxygen atoms in total. The number of benzene rings is 1. The van der Waals surface area contributed by atoms with Gasteiger partial charge in [0.1, 0.15) is 0 Å². The molecule has 2 N–H and O–H groups in total. The third kappa shape index (κ3) is 4.65. The van der Waals surface area contributed by atoms with Crippen molar-refractivity contribution >= 4 is 29.9 Å². The highest BCUT2D eigenvalue weighted by Crippen LogP contribution is 2.26. The molecule has 1 aliphatic rings. The zero-order valence-electron chi connectivity index (χ0n) is 12.6. The molecule has 0 heterocycles. The Kier molecular flexibility index (Phi) is 6.79. The summed E-state index contributed by atoms with van der Waals surface area (Å²) in [5.41, 5.74) is 7.41. The van der Waals surface area contributed by atoms with Crippen LogP contribution in [0.3, 0.4) is 0 Å². The topological polar surface area (TPSA) is 41.6 Å². The standard InChI is InChI=1S/C16H25N3.HI/c1-12(2)15(13-7-5-4-6-8-13)11-18-16(17)19(3)14-9-10-14;/h4-8,12,14-15H,9-11H2,1-3H3,(H2,17,18);1H. The molecule has 2 rings (SSSR count). The summed E-state index contributed by atoms with van der Waals surface area (Å²) in [6.45, 7) is 5.26. The maximum Gasteiger partial charge on any atom is 0.191 e. The number of nitrogens with two attached hydrogens (primary N) is 1. The van der Waals surface area contributed by atoms with Crippen molar-refractivity contribution in [2.75, 3.05) is 13.6 Å². The van der Waals surface area contributed by atoms with Gasteiger partial charge in [-0.15, -0.1) is 24.0 Å². The molecule has 1 saturated carbocycles. The molecular weight excluding hydrogens is 361 g/mol. The van der Waals surface area contributed by atoms with Gasteiger partial charge in [-0.25, -0.2) is 0 Å². The molecule has 1 fully saturated rings. The monoisotopic (exact) mass is 387 g/mol. The lowest BCUT2D eigenvalue weighted by Gasteiger charge is -2.22. The quantitative estimate of drug-likeness (QED) is 0.478. The second kappa shape index (κ2) is 7.86. The molecule has 0 amide bonds. The van der Waals surface area contributed by atoms with Crippen LogP contribution in [0.25, 0.3) is 0 Å². The summed E-state index contributed by atoms with van der Waals surface area (Å²) in [7, 11) is 2.05. The molecule has 1 aliphatic carbocycles. The molecular formula is C16H26IN3. The molecule has 112 valence electrons. The highest BCUT2D eigenvalue weighted by molar-refractivity contribution is 14.0. The number of hydrogen-bond acceptors (Lipinski definition) is 1. The maximum atomic E-state index is 6.06. The summed E-state index contributed by atoms with van der Waals surface area (Å²) in [6.07, 6.45) is 2.50. The smallest absolute Gasteiger partial charge is 0.191 e. The molecule has 1 atom stereocenters. The van der Waals surface area contributed by atoms with Crippen LogP contribution in [0.2, 0.25) is 0 Å². The predicted molar refractivity (Wildman–Crippen MR) is 96.7 cm³/mol. The van der Waals surface area contributed by atoms with Crippen molar-refractivity contribution in [1.82, 2.24) is 4.90 Å². The Morgan fingerprint density at radius 1 is 1.30 bits per heavy atom. The molecule has 0 aromatic heterocycles. The highest BCUT2D eigenvalue weighted by atomic mass is 127. The second-order valence-corrected chi connectivity index (χ2v) is 5.80. The molecule has 20 heavy (non-hydrogen) atoms. The van der Waals surface area contributed by atoms with Crippen molar-refractivity contribution < 1.29 is 0 Å². The molecule has 1 aromatic rings. The van der Waals surface area contributed by atoms with E-state index in [1.165, 1.54) is 18.4 Å². The Hall–Kier alpha value is -0.780. The molecule has 1 aromatic carbocycles. The maximum absolute atomic E-state index is 6.06. The minimum absolute atomic E-state index is 0. The van der Waals surface area contributed by atoms with Gasteiger partial charge in [0.05, 0.1) is 0 Å². The van der Waals surface area contributed by atoms with Crippen LogP contribution in [0.5, 0.6) is 0 Å². The SMILES string of the molecule is CC(C)C(CN=C(N)N(C)C1CC1)c1ccccc1.I. The van der Waals surface area contributed by atoms with E-state index in [-0.39, 0.29) is 24.0 Å². The lowest BCUT2D eigenvalue weighted by Crippen LogP contribution is -2.36. The number of halogens is 1. The Bertz CT molecular complexity index is 427. The van der Waals surface area contributed by atoms with E-state index < -0.39 is 0 Å². The van der Waals surface area contributed by atoms with Gasteiger partial charge in [0.15, 0.2) is 5.96 Å². The first-order valence-electron chi connectivity index (χ1n) is 7.17. The van der Waals surface area contributed by atoms with Crippen molar-refractivity contribution in [3.8, 4) is 0 Å². The fourth-order valence-corrected chi connectivity index (χ4v) is 2.35. The van der Waals surface area contributed by atoms with Crippen molar-refractivity contribution in [3.05, 3.63) is 35.9 Å². The number of rotatable bonds is 5. The van der Waals surface area contributed by atoms with Crippen LogP contribution in [-0.2, 0) is 0 Å². The summed E-state index contributed by atoms with van der Waals surface area (Å²) in [6, 6.07) is 11.2. The minimum atomic E-state index is 0. The predicted octanol–water partition coefficient (Wildman–Crippen LogP) is 3.45. The van der Waals surface area contributed by atoms with Gasteiger partial charge in [-0.3, -0.25) is 4.99 Å². The van der Waals surface area contributed by atoms with Crippen molar-refractivity contribution in [3.63, 3.8) is 0 Å². The van der Waals surface area contributed by atoms with Crippen LogP contribution in [0, 0.1) is 5.92 Å². The first-order valence-corrected chi connectivity index (χ1v) is 7.17. The van der Waals surface area contributed by atoms with Crippen molar-refractivity contribution in [2.24, 2.45) is 16.6 Å². The third-order valence-electron chi connectivity index (χ3n) is 3.94. The van der Waals surface area contributed by atoms with E-state index in [4.69, 9.17) is 5.73 Å². The van der Waals surface area contributed by atoms with E-state index in [2.05, 4.69) is 54.1 Å². The Morgan fingerprint density at radius 2 is 1.90 bits per heavy atom. The molecule has 1 unspecified atom stereocenters. The van der Waals surface area contributed by atoms with Gasteiger partial charge in [-0.1, -0.05) is 44.2 Å². The zero-order valence-corrected chi connectivity index (χ0v) is 15.0. The molecule has 0 saturated heterocycles. The van der Waals surface area contributed by atoms with Gasteiger partial charge in [0, 0.05) is 25.6 Å². The van der Waals surface area contributed by atoms with Crippen molar-refractivity contribution in [2.45, 2.75) is 38.6 Å². The second-order valence-electron chi connectivity index (χ2n) is 5.80. The van der Waals surface area contributed by atoms with Gasteiger partial charge < -0.3 is 10.6 Å². The van der Waals surface area contributed by atoms with Gasteiger partial charge in [-0.2, -0.15) is 0 Å². The minimum Gasteiger partial charge on any atom is -0.370 e. The van der Waals surface area contributed by atoms with Crippen LogP contribution in [0.4, 0.5) is 0 Å². The van der Waals surface area contributed by atoms with Crippen LogP contribution in [-0.4, -0.2) is 30.5 Å².